The summed E-state index contributed by atoms with van der Waals surface area (Å²) in [6.07, 6.45) is 1.42. The third-order valence-electron chi connectivity index (χ3n) is 5.37. The number of benzene rings is 2. The van der Waals surface area contributed by atoms with Crippen molar-refractivity contribution in [3.8, 4) is 0 Å². The van der Waals surface area contributed by atoms with Gasteiger partial charge >= 0.3 is 0 Å². The van der Waals surface area contributed by atoms with Crippen LogP contribution in [0.2, 0.25) is 0 Å². The minimum atomic E-state index is 0.0154. The predicted octanol–water partition coefficient (Wildman–Crippen LogP) is 3.16. The molecule has 2 heterocycles. The fourth-order valence-electron chi connectivity index (χ4n) is 3.83. The van der Waals surface area contributed by atoms with Crippen molar-refractivity contribution in [2.24, 2.45) is 5.92 Å². The Kier molecular flexibility index (Phi) is 5.86. The summed E-state index contributed by atoms with van der Waals surface area (Å²) >= 11 is 1.56. The molecular weight excluding hydrogens is 370 g/mol. The molecule has 6 heteroatoms. The van der Waals surface area contributed by atoms with Gasteiger partial charge in [0.2, 0.25) is 11.8 Å². The smallest absolute Gasteiger partial charge is 0.237 e. The number of rotatable bonds is 6. The van der Waals surface area contributed by atoms with Gasteiger partial charge in [-0.25, -0.2) is 0 Å². The summed E-state index contributed by atoms with van der Waals surface area (Å²) in [7, 11) is 0. The minimum Gasteiger partial charge on any atom is -0.371 e. The molecule has 1 unspecified atom stereocenters. The molecule has 2 aromatic carbocycles. The second-order valence-corrected chi connectivity index (χ2v) is 8.31. The number of anilines is 2. The van der Waals surface area contributed by atoms with Crippen molar-refractivity contribution < 1.29 is 9.59 Å². The van der Waals surface area contributed by atoms with Crippen LogP contribution >= 0.6 is 11.8 Å². The lowest BCUT2D eigenvalue weighted by Crippen LogP contribution is -2.39. The zero-order chi connectivity index (χ0) is 19.3. The van der Waals surface area contributed by atoms with E-state index in [1.54, 1.807) is 16.7 Å². The summed E-state index contributed by atoms with van der Waals surface area (Å²) in [5.74, 6) is 1.00. The molecule has 1 fully saturated rings. The first-order valence-corrected chi connectivity index (χ1v) is 10.8. The zero-order valence-electron chi connectivity index (χ0n) is 15.8. The van der Waals surface area contributed by atoms with E-state index in [0.717, 1.165) is 30.1 Å². The summed E-state index contributed by atoms with van der Waals surface area (Å²) < 4.78 is 0. The van der Waals surface area contributed by atoms with Crippen LogP contribution in [-0.2, 0) is 9.59 Å². The molecular formula is C22H25N3O2S. The topological polar surface area (TPSA) is 52.7 Å². The number of hydrogen-bond acceptors (Lipinski definition) is 4. The maximum atomic E-state index is 12.3. The van der Waals surface area contributed by atoms with E-state index >= 15 is 0 Å². The van der Waals surface area contributed by atoms with E-state index < -0.39 is 0 Å². The highest BCUT2D eigenvalue weighted by Gasteiger charge is 2.26. The van der Waals surface area contributed by atoms with Gasteiger partial charge in [-0.15, -0.1) is 11.8 Å². The third-order valence-corrected chi connectivity index (χ3v) is 6.41. The molecule has 28 heavy (non-hydrogen) atoms. The van der Waals surface area contributed by atoms with Crippen molar-refractivity contribution >= 4 is 35.0 Å². The molecule has 0 spiro atoms. The molecule has 2 aromatic rings. The quantitative estimate of drug-likeness (QED) is 0.816. The predicted molar refractivity (Wildman–Crippen MR) is 114 cm³/mol. The van der Waals surface area contributed by atoms with Gasteiger partial charge in [-0.3, -0.25) is 9.59 Å². The number of hydrogen-bond donors (Lipinski definition) is 1. The number of thioether (sulfide) groups is 1. The largest absolute Gasteiger partial charge is 0.371 e. The Morgan fingerprint density at radius 1 is 1.11 bits per heavy atom. The molecule has 2 aliphatic rings. The van der Waals surface area contributed by atoms with Crippen LogP contribution in [0.4, 0.5) is 11.4 Å². The SMILES string of the molecule is O=C(CCN1C(=O)CSc2ccccc21)NCC1CCN(c2ccccc2)C1. The number of nitrogens with zero attached hydrogens (tertiary/aromatic N) is 2. The first-order chi connectivity index (χ1) is 13.7. The number of amides is 2. The van der Waals surface area contributed by atoms with Gasteiger partial charge < -0.3 is 15.1 Å². The normalized spacial score (nSPS) is 18.9. The van der Waals surface area contributed by atoms with Gasteiger partial charge in [0.1, 0.15) is 0 Å². The second kappa shape index (κ2) is 8.69. The minimum absolute atomic E-state index is 0.0154. The van der Waals surface area contributed by atoms with E-state index in [0.29, 0.717) is 31.2 Å². The molecule has 0 radical (unpaired) electrons. The Morgan fingerprint density at radius 2 is 1.89 bits per heavy atom. The lowest BCUT2D eigenvalue weighted by Gasteiger charge is -2.28. The summed E-state index contributed by atoms with van der Waals surface area (Å²) in [4.78, 5) is 29.8. The van der Waals surface area contributed by atoms with Crippen molar-refractivity contribution in [3.05, 3.63) is 54.6 Å². The number of para-hydroxylation sites is 2. The van der Waals surface area contributed by atoms with Gasteiger partial charge in [0.05, 0.1) is 11.4 Å². The van der Waals surface area contributed by atoms with E-state index in [2.05, 4.69) is 34.5 Å². The molecule has 0 bridgehead atoms. The fourth-order valence-corrected chi connectivity index (χ4v) is 4.77. The summed E-state index contributed by atoms with van der Waals surface area (Å²) in [6.45, 7) is 3.13. The first-order valence-electron chi connectivity index (χ1n) is 9.79. The van der Waals surface area contributed by atoms with E-state index in [-0.39, 0.29) is 11.8 Å². The maximum absolute atomic E-state index is 12.3. The van der Waals surface area contributed by atoms with Crippen molar-refractivity contribution in [1.82, 2.24) is 5.32 Å². The summed E-state index contributed by atoms with van der Waals surface area (Å²) in [5.41, 5.74) is 2.17. The van der Waals surface area contributed by atoms with E-state index in [4.69, 9.17) is 0 Å². The van der Waals surface area contributed by atoms with Gasteiger partial charge in [-0.1, -0.05) is 30.3 Å². The molecule has 2 amide bonds. The van der Waals surface area contributed by atoms with Crippen LogP contribution in [0.15, 0.2) is 59.5 Å². The third kappa shape index (κ3) is 4.33. The highest BCUT2D eigenvalue weighted by Crippen LogP contribution is 2.34. The molecule has 1 saturated heterocycles. The van der Waals surface area contributed by atoms with Crippen LogP contribution in [0.5, 0.6) is 0 Å². The molecule has 0 saturated carbocycles. The zero-order valence-corrected chi connectivity index (χ0v) is 16.7. The van der Waals surface area contributed by atoms with Crippen molar-refractivity contribution in [3.63, 3.8) is 0 Å². The standard InChI is InChI=1S/C22H25N3O2S/c26-21(11-13-25-19-8-4-5-9-20(19)28-16-22(25)27)23-14-17-10-12-24(15-17)18-6-2-1-3-7-18/h1-9,17H,10-16H2,(H,23,26). The van der Waals surface area contributed by atoms with E-state index in [9.17, 15) is 9.59 Å². The van der Waals surface area contributed by atoms with Crippen LogP contribution in [0.3, 0.4) is 0 Å². The van der Waals surface area contributed by atoms with Crippen LogP contribution < -0.4 is 15.1 Å². The van der Waals surface area contributed by atoms with Crippen LogP contribution in [0.1, 0.15) is 12.8 Å². The maximum Gasteiger partial charge on any atom is 0.237 e. The van der Waals surface area contributed by atoms with Gasteiger partial charge in [0, 0.05) is 43.2 Å². The number of carbonyl (C=O) groups excluding carboxylic acids is 2. The van der Waals surface area contributed by atoms with E-state index in [1.165, 1.54) is 5.69 Å². The Balaban J connectivity index is 1.24. The Bertz CT molecular complexity index is 843. The number of fused-ring (bicyclic) bond motifs is 1. The van der Waals surface area contributed by atoms with Crippen molar-refractivity contribution in [2.75, 3.05) is 41.7 Å². The number of nitrogens with one attached hydrogen (secondary N) is 1. The highest BCUT2D eigenvalue weighted by atomic mass is 32.2. The van der Waals surface area contributed by atoms with E-state index in [1.807, 2.05) is 30.3 Å². The average molecular weight is 396 g/mol. The van der Waals surface area contributed by atoms with Crippen molar-refractivity contribution in [1.29, 1.82) is 0 Å². The monoisotopic (exact) mass is 395 g/mol. The van der Waals surface area contributed by atoms with Gasteiger partial charge in [0.15, 0.2) is 0 Å². The Hall–Kier alpha value is -2.47. The van der Waals surface area contributed by atoms with Crippen LogP contribution in [-0.4, -0.2) is 43.7 Å². The molecule has 1 atom stereocenters. The summed E-state index contributed by atoms with van der Waals surface area (Å²) in [6, 6.07) is 18.3. The molecule has 0 aliphatic carbocycles. The van der Waals surface area contributed by atoms with Gasteiger partial charge in [-0.2, -0.15) is 0 Å². The Labute approximate surface area is 170 Å². The van der Waals surface area contributed by atoms with Gasteiger partial charge in [-0.05, 0) is 36.6 Å². The lowest BCUT2D eigenvalue weighted by molar-refractivity contribution is -0.121. The molecule has 4 rings (SSSR count). The molecule has 5 nitrogen and oxygen atoms in total. The van der Waals surface area contributed by atoms with Crippen LogP contribution in [0, 0.1) is 5.92 Å². The highest BCUT2D eigenvalue weighted by molar-refractivity contribution is 8.00. The second-order valence-electron chi connectivity index (χ2n) is 7.29. The number of carbonyl (C=O) groups is 2. The fraction of sp³-hybridized carbons (Fsp3) is 0.364. The van der Waals surface area contributed by atoms with Crippen molar-refractivity contribution in [2.45, 2.75) is 17.7 Å². The average Bonchev–Trinajstić information content (AvgIpc) is 3.21. The first kappa shape index (κ1) is 18.9. The van der Waals surface area contributed by atoms with Crippen LogP contribution in [0.25, 0.3) is 0 Å². The molecule has 1 N–H and O–H groups in total. The van der Waals surface area contributed by atoms with Gasteiger partial charge in [0.25, 0.3) is 0 Å². The summed E-state index contributed by atoms with van der Waals surface area (Å²) in [5, 5.41) is 3.07. The molecule has 2 aliphatic heterocycles. The Morgan fingerprint density at radius 3 is 2.75 bits per heavy atom. The molecule has 0 aromatic heterocycles. The molecule has 146 valence electrons. The lowest BCUT2D eigenvalue weighted by atomic mass is 10.1.